The number of nitrogens with zero attached hydrogens (tertiary/aromatic N) is 2. The van der Waals surface area contributed by atoms with Gasteiger partial charge in [0.1, 0.15) is 0 Å². The predicted molar refractivity (Wildman–Crippen MR) is 23.1 cm³/mol. The van der Waals surface area contributed by atoms with Crippen LogP contribution in [0.5, 0.6) is 0 Å². The Hall–Kier alpha value is -0.920. The monoisotopic (exact) mass is 81.0 g/mol. The maximum absolute atomic E-state index is 3.72. The molecule has 0 saturated carbocycles. The van der Waals surface area contributed by atoms with Crippen molar-refractivity contribution in [2.45, 2.75) is 0 Å². The number of hydrogen-bond acceptors (Lipinski definition) is 2. The van der Waals surface area contributed by atoms with E-state index in [2.05, 4.69) is 9.97 Å². The fourth-order valence-corrected chi connectivity index (χ4v) is 0.253. The fraction of sp³-hybridized carbons (Fsp3) is 0. The Morgan fingerprint density at radius 3 is 1.33 bits per heavy atom. The molecule has 2 heteroatoms. The maximum atomic E-state index is 3.72. The molecule has 6 heavy (non-hydrogen) atoms. The summed E-state index contributed by atoms with van der Waals surface area (Å²) < 4.78 is 0. The van der Waals surface area contributed by atoms with Crippen LogP contribution in [0.25, 0.3) is 0 Å². The second kappa shape index (κ2) is 1.50. The van der Waals surface area contributed by atoms with E-state index in [4.69, 9.17) is 0 Å². The molecule has 1 aromatic heterocycles. The number of aromatic nitrogens is 2. The smallest absolute Gasteiger partial charge is 0.262 e. The van der Waals surface area contributed by atoms with E-state index in [1.807, 2.05) is 0 Å². The van der Waals surface area contributed by atoms with Crippen molar-refractivity contribution in [1.29, 1.82) is 0 Å². The van der Waals surface area contributed by atoms with Gasteiger partial charge in [-0.25, -0.2) is 0 Å². The highest BCUT2D eigenvalue weighted by Crippen LogP contribution is 1.65. The first kappa shape index (κ1) is 3.28. The van der Waals surface area contributed by atoms with Crippen molar-refractivity contribution in [3.05, 3.63) is 24.8 Å². The zero-order chi connectivity index (χ0) is 4.24. The van der Waals surface area contributed by atoms with Crippen molar-refractivity contribution < 1.29 is 1.43 Å². The Balaban J connectivity index is 0.000000360. The summed E-state index contributed by atoms with van der Waals surface area (Å²) in [5.41, 5.74) is 0. The first-order valence-electron chi connectivity index (χ1n) is 1.70. The first-order valence-corrected chi connectivity index (χ1v) is 1.70. The molecule has 0 bridgehead atoms. The fourth-order valence-electron chi connectivity index (χ4n) is 0.253. The lowest BCUT2D eigenvalue weighted by Gasteiger charge is -1.70. The van der Waals surface area contributed by atoms with Crippen LogP contribution in [0.15, 0.2) is 24.8 Å². The molecule has 1 rings (SSSR count). The largest absolute Gasteiger partial charge is 1.00 e. The lowest BCUT2D eigenvalue weighted by molar-refractivity contribution is 1.20. The molecule has 0 atom stereocenters. The molecule has 0 unspecified atom stereocenters. The van der Waals surface area contributed by atoms with Gasteiger partial charge in [0.15, 0.2) is 0 Å². The van der Waals surface area contributed by atoms with E-state index in [-0.39, 0.29) is 1.43 Å². The highest BCUT2D eigenvalue weighted by Gasteiger charge is 1.59. The molecule has 30 valence electrons. The maximum Gasteiger partial charge on any atom is 1.00 e. The lowest BCUT2D eigenvalue weighted by atomic mass is 10.8. The minimum absolute atomic E-state index is 0. The molecule has 0 aliphatic carbocycles. The van der Waals surface area contributed by atoms with Gasteiger partial charge in [0.05, 0.1) is 0 Å². The van der Waals surface area contributed by atoms with E-state index in [0.717, 1.165) is 0 Å². The van der Waals surface area contributed by atoms with Gasteiger partial charge in [0.2, 0.25) is 0 Å². The lowest BCUT2D eigenvalue weighted by Crippen LogP contribution is -1.66. The van der Waals surface area contributed by atoms with Crippen LogP contribution < -0.4 is 0 Å². The second-order valence-corrected chi connectivity index (χ2v) is 0.894. The third kappa shape index (κ3) is 0.516. The third-order valence-electron chi connectivity index (χ3n) is 0.478. The SMILES string of the molecule is [H+].c1cnccn1. The van der Waals surface area contributed by atoms with Gasteiger partial charge in [-0.1, -0.05) is 0 Å². The summed E-state index contributed by atoms with van der Waals surface area (Å²) in [7, 11) is 0. The van der Waals surface area contributed by atoms with Crippen molar-refractivity contribution in [3.8, 4) is 0 Å². The molecule has 0 aromatic carbocycles. The van der Waals surface area contributed by atoms with Crippen molar-refractivity contribution >= 4 is 0 Å². The Kier molecular flexibility index (Phi) is 0.819. The van der Waals surface area contributed by atoms with Gasteiger partial charge in [-0.05, 0) is 0 Å². The van der Waals surface area contributed by atoms with E-state index in [0.29, 0.717) is 0 Å². The summed E-state index contributed by atoms with van der Waals surface area (Å²) >= 11 is 0. The van der Waals surface area contributed by atoms with Crippen LogP contribution in [-0.2, 0) is 0 Å². The van der Waals surface area contributed by atoms with Crippen LogP contribution >= 0.6 is 0 Å². The highest BCUT2D eigenvalue weighted by molar-refractivity contribution is 4.70. The highest BCUT2D eigenvalue weighted by atomic mass is 14.7. The second-order valence-electron chi connectivity index (χ2n) is 0.894. The molecule has 0 saturated heterocycles. The van der Waals surface area contributed by atoms with Crippen molar-refractivity contribution in [1.82, 2.24) is 9.97 Å². The van der Waals surface area contributed by atoms with Gasteiger partial charge >= 0.3 is 1.43 Å². The molecule has 1 aromatic rings. The van der Waals surface area contributed by atoms with Crippen LogP contribution in [0.4, 0.5) is 0 Å². The van der Waals surface area contributed by atoms with Gasteiger partial charge in [-0.2, -0.15) is 0 Å². The van der Waals surface area contributed by atoms with Crippen LogP contribution in [0.3, 0.4) is 0 Å². The van der Waals surface area contributed by atoms with Crippen LogP contribution in [-0.4, -0.2) is 9.97 Å². The Morgan fingerprint density at radius 1 is 0.833 bits per heavy atom. The van der Waals surface area contributed by atoms with Crippen LogP contribution in [0.2, 0.25) is 0 Å². The quantitative estimate of drug-likeness (QED) is 0.456. The van der Waals surface area contributed by atoms with Crippen molar-refractivity contribution in [2.24, 2.45) is 0 Å². The average Bonchev–Trinajstić information content (AvgIpc) is 1.72. The molecule has 0 aliphatic heterocycles. The Morgan fingerprint density at radius 2 is 1.17 bits per heavy atom. The van der Waals surface area contributed by atoms with Gasteiger partial charge in [-0.3, -0.25) is 9.97 Å². The summed E-state index contributed by atoms with van der Waals surface area (Å²) in [5.74, 6) is 0. The molecule has 0 aliphatic rings. The summed E-state index contributed by atoms with van der Waals surface area (Å²) in [4.78, 5) is 7.44. The number of rotatable bonds is 0. The zero-order valence-corrected chi connectivity index (χ0v) is 3.20. The standard InChI is InChI=1S/C4H4N2/c1-2-6-4-3-5-1/h1-4H/p+1. The average molecular weight is 81.1 g/mol. The Bertz CT molecular complexity index is 81.6. The van der Waals surface area contributed by atoms with Gasteiger partial charge < -0.3 is 0 Å². The molecule has 0 N–H and O–H groups in total. The van der Waals surface area contributed by atoms with Crippen LogP contribution in [0, 0.1) is 0 Å². The molecule has 2 nitrogen and oxygen atoms in total. The molecule has 0 fully saturated rings. The molecule has 0 spiro atoms. The van der Waals surface area contributed by atoms with E-state index in [9.17, 15) is 0 Å². The van der Waals surface area contributed by atoms with Crippen LogP contribution in [0.1, 0.15) is 1.43 Å². The minimum atomic E-state index is 0. The normalized spacial score (nSPS) is 8.00. The van der Waals surface area contributed by atoms with E-state index >= 15 is 0 Å². The molecule has 0 radical (unpaired) electrons. The Labute approximate surface area is 37.4 Å². The summed E-state index contributed by atoms with van der Waals surface area (Å²) in [6, 6.07) is 0. The third-order valence-corrected chi connectivity index (χ3v) is 0.478. The number of hydrogen-bond donors (Lipinski definition) is 0. The first-order chi connectivity index (χ1) is 3.00. The summed E-state index contributed by atoms with van der Waals surface area (Å²) in [5, 5.41) is 0. The predicted octanol–water partition coefficient (Wildman–Crippen LogP) is 0.589. The molecular formula is C4H5N2+. The van der Waals surface area contributed by atoms with Gasteiger partial charge in [0.25, 0.3) is 0 Å². The summed E-state index contributed by atoms with van der Waals surface area (Å²) in [6.07, 6.45) is 6.56. The summed E-state index contributed by atoms with van der Waals surface area (Å²) in [6.45, 7) is 0. The topological polar surface area (TPSA) is 25.8 Å². The molecular weight excluding hydrogens is 76.1 g/mol. The van der Waals surface area contributed by atoms with E-state index in [1.54, 1.807) is 24.8 Å². The minimum Gasteiger partial charge on any atom is -0.262 e. The van der Waals surface area contributed by atoms with Crippen molar-refractivity contribution in [2.75, 3.05) is 0 Å². The van der Waals surface area contributed by atoms with E-state index in [1.165, 1.54) is 0 Å². The molecule has 0 amide bonds. The van der Waals surface area contributed by atoms with Crippen molar-refractivity contribution in [3.63, 3.8) is 0 Å². The van der Waals surface area contributed by atoms with E-state index < -0.39 is 0 Å². The molecule has 1 heterocycles. The van der Waals surface area contributed by atoms with Gasteiger partial charge in [-0.15, -0.1) is 0 Å². The van der Waals surface area contributed by atoms with Gasteiger partial charge in [0, 0.05) is 24.8 Å². The zero-order valence-electron chi connectivity index (χ0n) is 4.20.